The highest BCUT2D eigenvalue weighted by atomic mass is 32.1. The Kier molecular flexibility index (Phi) is 4.32. The van der Waals surface area contributed by atoms with Gasteiger partial charge in [-0.05, 0) is 38.9 Å². The molecule has 1 N–H and O–H groups in total. The van der Waals surface area contributed by atoms with E-state index in [0.717, 1.165) is 12.5 Å². The fraction of sp³-hybridized carbons (Fsp3) is 0.750. The summed E-state index contributed by atoms with van der Waals surface area (Å²) in [5, 5.41) is 6.65. The van der Waals surface area contributed by atoms with Gasteiger partial charge in [0.05, 0.1) is 6.04 Å². The molecule has 2 heterocycles. The Balaban J connectivity index is 1.96. The minimum Gasteiger partial charge on any atom is -0.319 e. The van der Waals surface area contributed by atoms with Crippen LogP contribution in [-0.2, 0) is 0 Å². The van der Waals surface area contributed by atoms with Gasteiger partial charge in [-0.3, -0.25) is 4.90 Å². The summed E-state index contributed by atoms with van der Waals surface area (Å²) < 4.78 is 0. The van der Waals surface area contributed by atoms with Gasteiger partial charge >= 0.3 is 0 Å². The van der Waals surface area contributed by atoms with Gasteiger partial charge in [-0.1, -0.05) is 6.92 Å². The summed E-state index contributed by atoms with van der Waals surface area (Å²) in [5.41, 5.74) is 0. The maximum atomic E-state index is 4.46. The molecule has 0 radical (unpaired) electrons. The Hall–Kier alpha value is -0.450. The van der Waals surface area contributed by atoms with E-state index in [4.69, 9.17) is 0 Å². The van der Waals surface area contributed by atoms with Gasteiger partial charge in [0.15, 0.2) is 0 Å². The molecule has 1 fully saturated rings. The van der Waals surface area contributed by atoms with Crippen molar-refractivity contribution in [1.82, 2.24) is 15.2 Å². The predicted molar refractivity (Wildman–Crippen MR) is 68.8 cm³/mol. The SMILES string of the molecule is CCC(c1nccs1)N1CCC(CNC)C1. The third-order valence-electron chi connectivity index (χ3n) is 3.37. The lowest BCUT2D eigenvalue weighted by Crippen LogP contribution is -2.28. The van der Waals surface area contributed by atoms with Crippen molar-refractivity contribution < 1.29 is 0 Å². The molecule has 90 valence electrons. The average Bonchev–Trinajstić information content (AvgIpc) is 2.92. The maximum Gasteiger partial charge on any atom is 0.110 e. The highest BCUT2D eigenvalue weighted by Gasteiger charge is 2.28. The molecule has 2 atom stereocenters. The Morgan fingerprint density at radius 2 is 2.56 bits per heavy atom. The van der Waals surface area contributed by atoms with Crippen LogP contribution in [0.25, 0.3) is 0 Å². The van der Waals surface area contributed by atoms with Crippen molar-refractivity contribution in [3.8, 4) is 0 Å². The molecule has 0 spiro atoms. The van der Waals surface area contributed by atoms with Crippen molar-refractivity contribution in [1.29, 1.82) is 0 Å². The average molecular weight is 239 g/mol. The molecule has 0 aliphatic carbocycles. The summed E-state index contributed by atoms with van der Waals surface area (Å²) in [4.78, 5) is 7.06. The Morgan fingerprint density at radius 1 is 1.69 bits per heavy atom. The van der Waals surface area contributed by atoms with E-state index >= 15 is 0 Å². The molecule has 16 heavy (non-hydrogen) atoms. The molecule has 2 rings (SSSR count). The summed E-state index contributed by atoms with van der Waals surface area (Å²) in [7, 11) is 2.04. The quantitative estimate of drug-likeness (QED) is 0.853. The molecular weight excluding hydrogens is 218 g/mol. The summed E-state index contributed by atoms with van der Waals surface area (Å²) in [5.74, 6) is 0.819. The van der Waals surface area contributed by atoms with Crippen LogP contribution >= 0.6 is 11.3 Å². The molecular formula is C12H21N3S. The first-order valence-electron chi connectivity index (χ1n) is 6.13. The zero-order valence-corrected chi connectivity index (χ0v) is 11.0. The highest BCUT2D eigenvalue weighted by Crippen LogP contribution is 2.30. The van der Waals surface area contributed by atoms with Crippen LogP contribution < -0.4 is 5.32 Å². The van der Waals surface area contributed by atoms with Crippen molar-refractivity contribution >= 4 is 11.3 Å². The Labute approximate surface area is 102 Å². The van der Waals surface area contributed by atoms with Crippen LogP contribution in [0.3, 0.4) is 0 Å². The minimum atomic E-state index is 0.543. The van der Waals surface area contributed by atoms with Gasteiger partial charge in [-0.15, -0.1) is 11.3 Å². The first-order chi connectivity index (χ1) is 7.85. The number of hydrogen-bond acceptors (Lipinski definition) is 4. The molecule has 0 amide bonds. The normalized spacial score (nSPS) is 23.8. The van der Waals surface area contributed by atoms with E-state index in [9.17, 15) is 0 Å². The molecule has 1 saturated heterocycles. The van der Waals surface area contributed by atoms with Crippen LogP contribution in [0.2, 0.25) is 0 Å². The van der Waals surface area contributed by atoms with E-state index in [2.05, 4.69) is 27.5 Å². The fourth-order valence-electron chi connectivity index (χ4n) is 2.59. The third-order valence-corrected chi connectivity index (χ3v) is 4.25. The van der Waals surface area contributed by atoms with Crippen molar-refractivity contribution in [2.45, 2.75) is 25.8 Å². The van der Waals surface area contributed by atoms with E-state index in [1.54, 1.807) is 11.3 Å². The lowest BCUT2D eigenvalue weighted by atomic mass is 10.1. The number of thiazole rings is 1. The summed E-state index contributed by atoms with van der Waals surface area (Å²) in [6.07, 6.45) is 4.41. The number of hydrogen-bond donors (Lipinski definition) is 1. The second-order valence-electron chi connectivity index (χ2n) is 4.50. The van der Waals surface area contributed by atoms with Gasteiger partial charge in [-0.25, -0.2) is 4.98 Å². The van der Waals surface area contributed by atoms with Gasteiger partial charge in [0, 0.05) is 18.1 Å². The Morgan fingerprint density at radius 3 is 3.19 bits per heavy atom. The van der Waals surface area contributed by atoms with Gasteiger partial charge < -0.3 is 5.32 Å². The zero-order valence-electron chi connectivity index (χ0n) is 10.1. The first-order valence-corrected chi connectivity index (χ1v) is 7.01. The van der Waals surface area contributed by atoms with Gasteiger partial charge in [0.25, 0.3) is 0 Å². The van der Waals surface area contributed by atoms with Crippen LogP contribution in [0.1, 0.15) is 30.8 Å². The Bertz CT molecular complexity index is 299. The number of nitrogens with one attached hydrogen (secondary N) is 1. The fourth-order valence-corrected chi connectivity index (χ4v) is 3.44. The molecule has 4 heteroatoms. The topological polar surface area (TPSA) is 28.2 Å². The highest BCUT2D eigenvalue weighted by molar-refractivity contribution is 7.09. The van der Waals surface area contributed by atoms with Gasteiger partial charge in [0.1, 0.15) is 5.01 Å². The van der Waals surface area contributed by atoms with Crippen molar-refractivity contribution in [3.05, 3.63) is 16.6 Å². The lowest BCUT2D eigenvalue weighted by Gasteiger charge is -2.25. The van der Waals surface area contributed by atoms with E-state index in [-0.39, 0.29) is 0 Å². The molecule has 1 aliphatic heterocycles. The van der Waals surface area contributed by atoms with Crippen LogP contribution in [0, 0.1) is 5.92 Å². The van der Waals surface area contributed by atoms with Gasteiger partial charge in [0.2, 0.25) is 0 Å². The van der Waals surface area contributed by atoms with Crippen molar-refractivity contribution in [2.75, 3.05) is 26.7 Å². The number of rotatable bonds is 5. The molecule has 0 aromatic carbocycles. The number of nitrogens with zero attached hydrogens (tertiary/aromatic N) is 2. The smallest absolute Gasteiger partial charge is 0.110 e. The molecule has 3 nitrogen and oxygen atoms in total. The molecule has 1 aromatic heterocycles. The van der Waals surface area contributed by atoms with Crippen LogP contribution in [0.4, 0.5) is 0 Å². The van der Waals surface area contributed by atoms with Crippen molar-refractivity contribution in [3.63, 3.8) is 0 Å². The standard InChI is InChI=1S/C12H21N3S/c1-3-11(12-14-5-7-16-12)15-6-4-10(9-15)8-13-2/h5,7,10-11,13H,3-4,6,8-9H2,1-2H3. The largest absolute Gasteiger partial charge is 0.319 e. The number of aromatic nitrogens is 1. The van der Waals surface area contributed by atoms with Crippen LogP contribution in [0.5, 0.6) is 0 Å². The first kappa shape index (κ1) is 12.0. The third kappa shape index (κ3) is 2.62. The van der Waals surface area contributed by atoms with E-state index < -0.39 is 0 Å². The molecule has 2 unspecified atom stereocenters. The lowest BCUT2D eigenvalue weighted by molar-refractivity contribution is 0.229. The van der Waals surface area contributed by atoms with Gasteiger partial charge in [-0.2, -0.15) is 0 Å². The van der Waals surface area contributed by atoms with Crippen LogP contribution in [-0.4, -0.2) is 36.6 Å². The maximum absolute atomic E-state index is 4.46. The zero-order chi connectivity index (χ0) is 11.4. The second kappa shape index (κ2) is 5.75. The molecule has 0 saturated carbocycles. The second-order valence-corrected chi connectivity index (χ2v) is 5.43. The summed E-state index contributed by atoms with van der Waals surface area (Å²) in [6.45, 7) is 5.85. The monoisotopic (exact) mass is 239 g/mol. The van der Waals surface area contributed by atoms with Crippen LogP contribution in [0.15, 0.2) is 11.6 Å². The number of likely N-dealkylation sites (tertiary alicyclic amines) is 1. The predicted octanol–water partition coefficient (Wildman–Crippen LogP) is 2.14. The minimum absolute atomic E-state index is 0.543. The molecule has 0 bridgehead atoms. The van der Waals surface area contributed by atoms with E-state index in [1.165, 1.54) is 30.9 Å². The summed E-state index contributed by atoms with van der Waals surface area (Å²) >= 11 is 1.79. The molecule has 1 aliphatic rings. The van der Waals surface area contributed by atoms with E-state index in [1.807, 2.05) is 13.2 Å². The van der Waals surface area contributed by atoms with E-state index in [0.29, 0.717) is 6.04 Å². The van der Waals surface area contributed by atoms with Crippen molar-refractivity contribution in [2.24, 2.45) is 5.92 Å². The summed E-state index contributed by atoms with van der Waals surface area (Å²) in [6, 6.07) is 0.543. The molecule has 1 aromatic rings.